The van der Waals surface area contributed by atoms with Crippen molar-refractivity contribution in [3.63, 3.8) is 0 Å². The number of benzene rings is 1. The highest BCUT2D eigenvalue weighted by Crippen LogP contribution is 2.49. The van der Waals surface area contributed by atoms with Crippen molar-refractivity contribution in [2.24, 2.45) is 4.99 Å². The van der Waals surface area contributed by atoms with E-state index in [1.807, 2.05) is 17.8 Å². The molecule has 84 valence electrons. The third-order valence-electron chi connectivity index (χ3n) is 2.73. The Balaban J connectivity index is 2.26. The molecule has 0 aromatic heterocycles. The Kier molecular flexibility index (Phi) is 3.17. The third-order valence-corrected chi connectivity index (χ3v) is 3.72. The largest absolute Gasteiger partial charge is 0.235 e. The first-order valence-electron chi connectivity index (χ1n) is 5.52. The van der Waals surface area contributed by atoms with Gasteiger partial charge in [0.1, 0.15) is 0 Å². The Morgan fingerprint density at radius 2 is 2.19 bits per heavy atom. The maximum Gasteiger partial charge on any atom is 0.235 e. The summed E-state index contributed by atoms with van der Waals surface area (Å²) in [5.41, 5.74) is 0.913. The summed E-state index contributed by atoms with van der Waals surface area (Å²) in [4.78, 5) is 15.6. The van der Waals surface area contributed by atoms with Gasteiger partial charge in [-0.15, -0.1) is 11.8 Å². The van der Waals surface area contributed by atoms with Crippen molar-refractivity contribution in [3.05, 3.63) is 29.8 Å². The first-order valence-corrected chi connectivity index (χ1v) is 6.40. The van der Waals surface area contributed by atoms with E-state index in [9.17, 15) is 4.79 Å². The zero-order valence-electron chi connectivity index (χ0n) is 9.56. The van der Waals surface area contributed by atoms with Crippen LogP contribution in [0, 0.1) is 0 Å². The Morgan fingerprint density at radius 1 is 1.44 bits per heavy atom. The van der Waals surface area contributed by atoms with Gasteiger partial charge < -0.3 is 0 Å². The van der Waals surface area contributed by atoms with Gasteiger partial charge in [0, 0.05) is 10.1 Å². The normalized spacial score (nSPS) is 16.9. The van der Waals surface area contributed by atoms with Crippen LogP contribution < -0.4 is 0 Å². The molecule has 1 saturated carbocycles. The maximum absolute atomic E-state index is 10.4. The Morgan fingerprint density at radius 3 is 2.75 bits per heavy atom. The number of carbonyl (C=O) groups excluding carboxylic acids is 1. The van der Waals surface area contributed by atoms with E-state index in [2.05, 4.69) is 37.0 Å². The van der Waals surface area contributed by atoms with Gasteiger partial charge in [0.25, 0.3) is 0 Å². The SMILES string of the molecule is CC(C)Sc1cccc(C2(N=C=O)CC2)c1. The summed E-state index contributed by atoms with van der Waals surface area (Å²) >= 11 is 1.83. The summed E-state index contributed by atoms with van der Waals surface area (Å²) in [5.74, 6) is 0. The van der Waals surface area contributed by atoms with Crippen LogP contribution in [0.5, 0.6) is 0 Å². The molecule has 0 atom stereocenters. The lowest BCUT2D eigenvalue weighted by Gasteiger charge is -2.11. The van der Waals surface area contributed by atoms with E-state index in [-0.39, 0.29) is 5.54 Å². The molecule has 1 aromatic carbocycles. The molecule has 2 rings (SSSR count). The van der Waals surface area contributed by atoms with Crippen molar-refractivity contribution in [1.82, 2.24) is 0 Å². The van der Waals surface area contributed by atoms with E-state index in [0.717, 1.165) is 18.4 Å². The van der Waals surface area contributed by atoms with Crippen molar-refractivity contribution in [3.8, 4) is 0 Å². The minimum absolute atomic E-state index is 0.241. The molecule has 0 spiro atoms. The van der Waals surface area contributed by atoms with Crippen LogP contribution in [0.3, 0.4) is 0 Å². The van der Waals surface area contributed by atoms with Crippen LogP contribution in [0.25, 0.3) is 0 Å². The van der Waals surface area contributed by atoms with E-state index in [4.69, 9.17) is 0 Å². The van der Waals surface area contributed by atoms with Gasteiger partial charge in [0.2, 0.25) is 6.08 Å². The topological polar surface area (TPSA) is 29.4 Å². The standard InChI is InChI=1S/C13H15NOS/c1-10(2)16-12-5-3-4-11(8-12)13(6-7-13)14-9-15/h3-5,8,10H,6-7H2,1-2H3. The highest BCUT2D eigenvalue weighted by molar-refractivity contribution is 7.99. The zero-order chi connectivity index (χ0) is 11.6. The van der Waals surface area contributed by atoms with Crippen molar-refractivity contribution in [2.45, 2.75) is 42.4 Å². The van der Waals surface area contributed by atoms with Crippen LogP contribution in [0.1, 0.15) is 32.3 Å². The van der Waals surface area contributed by atoms with Crippen molar-refractivity contribution < 1.29 is 4.79 Å². The molecule has 3 heteroatoms. The first kappa shape index (κ1) is 11.4. The van der Waals surface area contributed by atoms with Gasteiger partial charge in [-0.1, -0.05) is 26.0 Å². The van der Waals surface area contributed by atoms with E-state index in [0.29, 0.717) is 5.25 Å². The van der Waals surface area contributed by atoms with Crippen molar-refractivity contribution in [1.29, 1.82) is 0 Å². The maximum atomic E-state index is 10.4. The molecular weight excluding hydrogens is 218 g/mol. The number of isocyanates is 1. The van der Waals surface area contributed by atoms with Crippen LogP contribution in [-0.4, -0.2) is 11.3 Å². The molecule has 2 nitrogen and oxygen atoms in total. The van der Waals surface area contributed by atoms with Gasteiger partial charge in [-0.25, -0.2) is 4.79 Å². The molecular formula is C13H15NOS. The monoisotopic (exact) mass is 233 g/mol. The van der Waals surface area contributed by atoms with Crippen LogP contribution in [0.15, 0.2) is 34.2 Å². The average Bonchev–Trinajstić information content (AvgIpc) is 2.99. The number of nitrogens with zero attached hydrogens (tertiary/aromatic N) is 1. The van der Waals surface area contributed by atoms with Gasteiger partial charge >= 0.3 is 0 Å². The quantitative estimate of drug-likeness (QED) is 0.452. The van der Waals surface area contributed by atoms with Gasteiger partial charge in [0.05, 0.1) is 5.54 Å². The van der Waals surface area contributed by atoms with Crippen LogP contribution >= 0.6 is 11.8 Å². The Hall–Kier alpha value is -1.05. The summed E-state index contributed by atoms with van der Waals surface area (Å²) in [5, 5.41) is 0.569. The molecule has 1 aromatic rings. The minimum Gasteiger partial charge on any atom is -0.211 e. The molecule has 0 amide bonds. The molecule has 1 aliphatic carbocycles. The van der Waals surface area contributed by atoms with Gasteiger partial charge in [-0.05, 0) is 30.5 Å². The van der Waals surface area contributed by atoms with Gasteiger partial charge in [-0.3, -0.25) is 0 Å². The van der Waals surface area contributed by atoms with Crippen LogP contribution in [-0.2, 0) is 10.3 Å². The average molecular weight is 233 g/mol. The second kappa shape index (κ2) is 4.44. The molecule has 1 fully saturated rings. The summed E-state index contributed by atoms with van der Waals surface area (Å²) in [7, 11) is 0. The smallest absolute Gasteiger partial charge is 0.211 e. The molecule has 1 aliphatic rings. The molecule has 0 aliphatic heterocycles. The molecule has 16 heavy (non-hydrogen) atoms. The number of hydrogen-bond acceptors (Lipinski definition) is 3. The van der Waals surface area contributed by atoms with E-state index in [1.165, 1.54) is 4.90 Å². The second-order valence-corrected chi connectivity index (χ2v) is 6.08. The molecule has 0 bridgehead atoms. The third kappa shape index (κ3) is 2.37. The lowest BCUT2D eigenvalue weighted by Crippen LogP contribution is -2.02. The first-order chi connectivity index (χ1) is 7.66. The van der Waals surface area contributed by atoms with Crippen molar-refractivity contribution in [2.75, 3.05) is 0 Å². The Labute approximate surface area is 100 Å². The predicted octanol–water partition coefficient (Wildman–Crippen LogP) is 3.51. The van der Waals surface area contributed by atoms with E-state index in [1.54, 1.807) is 6.08 Å². The minimum atomic E-state index is -0.241. The zero-order valence-corrected chi connectivity index (χ0v) is 10.4. The molecule has 0 unspecified atom stereocenters. The highest BCUT2D eigenvalue weighted by Gasteiger charge is 2.44. The van der Waals surface area contributed by atoms with Crippen LogP contribution in [0.2, 0.25) is 0 Å². The molecule has 0 N–H and O–H groups in total. The lowest BCUT2D eigenvalue weighted by atomic mass is 10.1. The number of hydrogen-bond donors (Lipinski definition) is 0. The molecule has 0 radical (unpaired) electrons. The number of thioether (sulfide) groups is 1. The summed E-state index contributed by atoms with van der Waals surface area (Å²) < 4.78 is 0. The number of rotatable bonds is 4. The van der Waals surface area contributed by atoms with Crippen molar-refractivity contribution >= 4 is 17.8 Å². The molecule has 0 heterocycles. The fourth-order valence-electron chi connectivity index (χ4n) is 1.80. The van der Waals surface area contributed by atoms with Gasteiger partial charge in [0.15, 0.2) is 0 Å². The summed E-state index contributed by atoms with van der Waals surface area (Å²) in [6.45, 7) is 4.35. The fourth-order valence-corrected chi connectivity index (χ4v) is 2.70. The summed E-state index contributed by atoms with van der Waals surface area (Å²) in [6, 6.07) is 8.35. The van der Waals surface area contributed by atoms with E-state index < -0.39 is 0 Å². The fraction of sp³-hybridized carbons (Fsp3) is 0.462. The van der Waals surface area contributed by atoms with E-state index >= 15 is 0 Å². The van der Waals surface area contributed by atoms with Gasteiger partial charge in [-0.2, -0.15) is 4.99 Å². The second-order valence-electron chi connectivity index (χ2n) is 4.43. The Bertz CT molecular complexity index is 431. The predicted molar refractivity (Wildman–Crippen MR) is 66.5 cm³/mol. The highest BCUT2D eigenvalue weighted by atomic mass is 32.2. The lowest BCUT2D eigenvalue weighted by molar-refractivity contribution is 0.556. The van der Waals surface area contributed by atoms with Crippen LogP contribution in [0.4, 0.5) is 0 Å². The number of aliphatic imine (C=N–C) groups is 1. The molecule has 0 saturated heterocycles. The summed E-state index contributed by atoms with van der Waals surface area (Å²) in [6.07, 6.45) is 3.64.